The number of amides is 2. The van der Waals surface area contributed by atoms with Gasteiger partial charge in [0.1, 0.15) is 5.69 Å². The van der Waals surface area contributed by atoms with E-state index < -0.39 is 0 Å². The molecule has 2 rings (SSSR count). The van der Waals surface area contributed by atoms with Crippen molar-refractivity contribution < 1.29 is 9.59 Å². The van der Waals surface area contributed by atoms with Crippen LogP contribution in [0.1, 0.15) is 68.1 Å². The largest absolute Gasteiger partial charge is 0.353 e. The summed E-state index contributed by atoms with van der Waals surface area (Å²) >= 11 is 0. The summed E-state index contributed by atoms with van der Waals surface area (Å²) in [6, 6.07) is 0.356. The van der Waals surface area contributed by atoms with Crippen LogP contribution in [-0.2, 0) is 4.79 Å². The zero-order chi connectivity index (χ0) is 17.4. The molecule has 1 saturated carbocycles. The van der Waals surface area contributed by atoms with Crippen molar-refractivity contribution in [1.82, 2.24) is 20.2 Å². The zero-order valence-electron chi connectivity index (χ0n) is 14.8. The Hall–Kier alpha value is -1.98. The molecule has 1 aromatic heterocycles. The molecule has 2 amide bonds. The van der Waals surface area contributed by atoms with E-state index in [0.717, 1.165) is 44.2 Å². The monoisotopic (exact) mass is 332 g/mol. The second-order valence-electron chi connectivity index (χ2n) is 6.49. The molecule has 0 spiro atoms. The Bertz CT molecular complexity index is 540. The molecule has 1 N–H and O–H groups in total. The minimum Gasteiger partial charge on any atom is -0.353 e. The first-order chi connectivity index (χ1) is 11.6. The van der Waals surface area contributed by atoms with E-state index in [9.17, 15) is 9.59 Å². The summed E-state index contributed by atoms with van der Waals surface area (Å²) in [5.74, 6) is -0.114. The van der Waals surface area contributed by atoms with Crippen LogP contribution in [0, 0.1) is 6.92 Å². The Morgan fingerprint density at radius 3 is 2.58 bits per heavy atom. The third-order valence-electron chi connectivity index (χ3n) is 4.12. The van der Waals surface area contributed by atoms with Crippen molar-refractivity contribution in [1.29, 1.82) is 0 Å². The lowest BCUT2D eigenvalue weighted by atomic mass is 10.2. The van der Waals surface area contributed by atoms with Gasteiger partial charge in [0.15, 0.2) is 0 Å². The molecule has 1 aromatic rings. The van der Waals surface area contributed by atoms with Crippen molar-refractivity contribution in [3.05, 3.63) is 23.8 Å². The molecular formula is C18H28N4O2. The minimum atomic E-state index is -0.141. The van der Waals surface area contributed by atoms with Gasteiger partial charge in [-0.2, -0.15) is 0 Å². The Balaban J connectivity index is 1.90. The van der Waals surface area contributed by atoms with Crippen LogP contribution in [0.5, 0.6) is 0 Å². The lowest BCUT2D eigenvalue weighted by Gasteiger charge is -2.22. The highest BCUT2D eigenvalue weighted by atomic mass is 16.2. The molecule has 24 heavy (non-hydrogen) atoms. The van der Waals surface area contributed by atoms with E-state index in [2.05, 4.69) is 22.2 Å². The molecule has 0 aliphatic heterocycles. The van der Waals surface area contributed by atoms with Crippen molar-refractivity contribution in [2.45, 2.75) is 64.8 Å². The molecule has 1 heterocycles. The summed E-state index contributed by atoms with van der Waals surface area (Å²) in [4.78, 5) is 34.6. The van der Waals surface area contributed by atoms with Crippen LogP contribution in [-0.4, -0.2) is 45.8 Å². The summed E-state index contributed by atoms with van der Waals surface area (Å²) in [6.45, 7) is 5.09. The van der Waals surface area contributed by atoms with Gasteiger partial charge in [-0.1, -0.05) is 26.2 Å². The minimum absolute atomic E-state index is 0.0267. The maximum atomic E-state index is 12.7. The van der Waals surface area contributed by atoms with Gasteiger partial charge in [-0.3, -0.25) is 14.6 Å². The van der Waals surface area contributed by atoms with E-state index in [-0.39, 0.29) is 11.8 Å². The zero-order valence-corrected chi connectivity index (χ0v) is 14.8. The Kier molecular flexibility index (Phi) is 7.15. The third kappa shape index (κ3) is 6.26. The van der Waals surface area contributed by atoms with E-state index in [0.29, 0.717) is 31.2 Å². The molecule has 1 aliphatic rings. The molecule has 1 fully saturated rings. The molecule has 0 aromatic carbocycles. The number of aromatic nitrogens is 2. The van der Waals surface area contributed by atoms with Crippen LogP contribution < -0.4 is 5.32 Å². The number of aryl methyl sites for hydroxylation is 1. The Morgan fingerprint density at radius 2 is 1.96 bits per heavy atom. The SMILES string of the molecule is CCCCCCN(CCC(=O)NC1CC1)C(=O)c1cnc(C)cn1. The molecule has 0 unspecified atom stereocenters. The van der Waals surface area contributed by atoms with Crippen LogP contribution >= 0.6 is 0 Å². The molecule has 1 aliphatic carbocycles. The highest BCUT2D eigenvalue weighted by molar-refractivity contribution is 5.92. The summed E-state index contributed by atoms with van der Waals surface area (Å²) < 4.78 is 0. The van der Waals surface area contributed by atoms with E-state index in [1.807, 2.05) is 6.92 Å². The van der Waals surface area contributed by atoms with Crippen molar-refractivity contribution in [3.8, 4) is 0 Å². The molecular weight excluding hydrogens is 304 g/mol. The standard InChI is InChI=1S/C18H28N4O2/c1-3-4-5-6-10-22(11-9-17(23)21-15-7-8-15)18(24)16-13-19-14(2)12-20-16/h12-13,15H,3-11H2,1-2H3,(H,21,23). The maximum Gasteiger partial charge on any atom is 0.274 e. The van der Waals surface area contributed by atoms with Gasteiger partial charge in [0.25, 0.3) is 5.91 Å². The number of nitrogens with one attached hydrogen (secondary N) is 1. The predicted octanol–water partition coefficient (Wildman–Crippen LogP) is 2.48. The topological polar surface area (TPSA) is 75.2 Å². The number of rotatable bonds is 10. The van der Waals surface area contributed by atoms with Crippen LogP contribution in [0.2, 0.25) is 0 Å². The van der Waals surface area contributed by atoms with Crippen LogP contribution in [0.15, 0.2) is 12.4 Å². The molecule has 0 saturated heterocycles. The summed E-state index contributed by atoms with van der Waals surface area (Å²) in [6.07, 6.45) is 9.96. The summed E-state index contributed by atoms with van der Waals surface area (Å²) in [5, 5.41) is 2.97. The Labute approximate surface area is 144 Å². The second-order valence-corrected chi connectivity index (χ2v) is 6.49. The van der Waals surface area contributed by atoms with Gasteiger partial charge in [-0.05, 0) is 26.2 Å². The summed E-state index contributed by atoms with van der Waals surface area (Å²) in [7, 11) is 0. The van der Waals surface area contributed by atoms with Crippen molar-refractivity contribution in [3.63, 3.8) is 0 Å². The quantitative estimate of drug-likeness (QED) is 0.668. The number of unbranched alkanes of at least 4 members (excludes halogenated alkanes) is 3. The van der Waals surface area contributed by atoms with Crippen LogP contribution in [0.4, 0.5) is 0 Å². The van der Waals surface area contributed by atoms with Crippen LogP contribution in [0.3, 0.4) is 0 Å². The first-order valence-corrected chi connectivity index (χ1v) is 8.97. The number of hydrogen-bond acceptors (Lipinski definition) is 4. The fourth-order valence-corrected chi connectivity index (χ4v) is 2.47. The van der Waals surface area contributed by atoms with Gasteiger partial charge >= 0.3 is 0 Å². The fraction of sp³-hybridized carbons (Fsp3) is 0.667. The average Bonchev–Trinajstić information content (AvgIpc) is 3.38. The van der Waals surface area contributed by atoms with E-state index in [1.165, 1.54) is 6.20 Å². The molecule has 0 bridgehead atoms. The number of carbonyl (C=O) groups excluding carboxylic acids is 2. The number of carbonyl (C=O) groups is 2. The molecule has 6 heteroatoms. The van der Waals surface area contributed by atoms with Gasteiger partial charge in [-0.25, -0.2) is 4.98 Å². The van der Waals surface area contributed by atoms with Gasteiger partial charge in [-0.15, -0.1) is 0 Å². The molecule has 0 radical (unpaired) electrons. The average molecular weight is 332 g/mol. The molecule has 0 atom stereocenters. The van der Waals surface area contributed by atoms with Gasteiger partial charge in [0.05, 0.1) is 11.9 Å². The lowest BCUT2D eigenvalue weighted by Crippen LogP contribution is -2.37. The van der Waals surface area contributed by atoms with Crippen LogP contribution in [0.25, 0.3) is 0 Å². The number of nitrogens with zero attached hydrogens (tertiary/aromatic N) is 3. The highest BCUT2D eigenvalue weighted by Gasteiger charge is 2.24. The normalized spacial score (nSPS) is 13.6. The van der Waals surface area contributed by atoms with Gasteiger partial charge in [0, 0.05) is 31.7 Å². The Morgan fingerprint density at radius 1 is 1.17 bits per heavy atom. The lowest BCUT2D eigenvalue weighted by molar-refractivity contribution is -0.121. The van der Waals surface area contributed by atoms with Gasteiger partial charge < -0.3 is 10.2 Å². The predicted molar refractivity (Wildman–Crippen MR) is 92.6 cm³/mol. The second kappa shape index (κ2) is 9.35. The highest BCUT2D eigenvalue weighted by Crippen LogP contribution is 2.18. The summed E-state index contributed by atoms with van der Waals surface area (Å²) in [5.41, 5.74) is 1.13. The van der Waals surface area contributed by atoms with Crippen molar-refractivity contribution in [2.24, 2.45) is 0 Å². The van der Waals surface area contributed by atoms with E-state index in [4.69, 9.17) is 0 Å². The first kappa shape index (κ1) is 18.4. The van der Waals surface area contributed by atoms with Crippen molar-refractivity contribution in [2.75, 3.05) is 13.1 Å². The fourth-order valence-electron chi connectivity index (χ4n) is 2.47. The number of hydrogen-bond donors (Lipinski definition) is 1. The maximum absolute atomic E-state index is 12.7. The molecule has 132 valence electrons. The van der Waals surface area contributed by atoms with E-state index >= 15 is 0 Å². The van der Waals surface area contributed by atoms with Gasteiger partial charge in [0.2, 0.25) is 5.91 Å². The first-order valence-electron chi connectivity index (χ1n) is 8.97. The molecule has 6 nitrogen and oxygen atoms in total. The smallest absolute Gasteiger partial charge is 0.274 e. The van der Waals surface area contributed by atoms with Crippen molar-refractivity contribution >= 4 is 11.8 Å². The van der Waals surface area contributed by atoms with E-state index in [1.54, 1.807) is 11.1 Å². The third-order valence-corrected chi connectivity index (χ3v) is 4.12.